The smallest absolute Gasteiger partial charge is 0.410 e. The predicted molar refractivity (Wildman–Crippen MR) is 191 cm³/mol. The molecule has 0 spiro atoms. The Morgan fingerprint density at radius 1 is 1.04 bits per heavy atom. The zero-order valence-corrected chi connectivity index (χ0v) is 31.8. The first-order valence-corrected chi connectivity index (χ1v) is 24.1. The highest BCUT2D eigenvalue weighted by molar-refractivity contribution is 6.76. The third-order valence-electron chi connectivity index (χ3n) is 7.96. The molecule has 1 aliphatic rings. The molecule has 0 N–H and O–H groups in total. The SMILES string of the molecule is CC(C)(C)OC(=O)N1CCCC(c2cc(N(COCC[Si](C)(C)C)COCC[Si](C)(C)C)n3ncc(-c4ccc(C#N)nc4)c3n2)C1. The van der Waals surface area contributed by atoms with Crippen LogP contribution < -0.4 is 4.90 Å². The number of carbonyl (C=O) groups excluding carboxylic acids is 1. The number of nitrogens with zero attached hydrogens (tertiary/aromatic N) is 7. The second-order valence-corrected chi connectivity index (χ2v) is 27.1. The van der Waals surface area contributed by atoms with E-state index in [-0.39, 0.29) is 12.0 Å². The minimum Gasteiger partial charge on any atom is -0.444 e. The molecule has 4 heterocycles. The van der Waals surface area contributed by atoms with Crippen LogP contribution in [0.15, 0.2) is 30.6 Å². The second-order valence-electron chi connectivity index (χ2n) is 15.9. The van der Waals surface area contributed by atoms with Crippen molar-refractivity contribution < 1.29 is 19.0 Å². The average Bonchev–Trinajstić information content (AvgIpc) is 3.42. The van der Waals surface area contributed by atoms with E-state index < -0.39 is 21.7 Å². The van der Waals surface area contributed by atoms with Gasteiger partial charge in [-0.1, -0.05) is 39.3 Å². The van der Waals surface area contributed by atoms with Crippen molar-refractivity contribution in [1.29, 1.82) is 5.26 Å². The molecule has 3 aromatic heterocycles. The lowest BCUT2D eigenvalue weighted by molar-refractivity contribution is 0.0197. The van der Waals surface area contributed by atoms with Gasteiger partial charge in [0, 0.05) is 71.8 Å². The third kappa shape index (κ3) is 10.9. The van der Waals surface area contributed by atoms with Gasteiger partial charge in [-0.2, -0.15) is 14.9 Å². The number of pyridine rings is 1. The van der Waals surface area contributed by atoms with Crippen LogP contribution in [-0.4, -0.2) is 92.1 Å². The summed E-state index contributed by atoms with van der Waals surface area (Å²) >= 11 is 0. The van der Waals surface area contributed by atoms with E-state index >= 15 is 0 Å². The molecule has 11 nitrogen and oxygen atoms in total. The molecule has 0 aliphatic carbocycles. The number of anilines is 1. The summed E-state index contributed by atoms with van der Waals surface area (Å²) in [5.41, 5.74) is 2.95. The normalized spacial score (nSPS) is 15.9. The number of hydrogen-bond donors (Lipinski definition) is 0. The van der Waals surface area contributed by atoms with E-state index in [2.05, 4.69) is 61.3 Å². The van der Waals surface area contributed by atoms with Gasteiger partial charge >= 0.3 is 6.09 Å². The predicted octanol–water partition coefficient (Wildman–Crippen LogP) is 7.21. The molecule has 0 radical (unpaired) electrons. The van der Waals surface area contributed by atoms with Crippen LogP contribution in [0.1, 0.15) is 50.9 Å². The quantitative estimate of drug-likeness (QED) is 0.105. The molecule has 0 aromatic carbocycles. The number of nitriles is 1. The Bertz CT molecular complexity index is 1510. The standard InChI is InChI=1S/C34H53N7O4Si2/c1-34(2,3)45-33(42)39-14-10-11-27(23-39)30-19-31(40(24-43-15-17-46(4,5)6)25-44-16-18-47(7,8)9)41-32(38-30)29(22-37-41)26-12-13-28(20-35)36-21-26/h12-13,19,21-22,27H,10-11,14-18,23-25H2,1-9H3. The largest absolute Gasteiger partial charge is 0.444 e. The van der Waals surface area contributed by atoms with Gasteiger partial charge in [-0.15, -0.1) is 0 Å². The molecule has 3 aromatic rings. The van der Waals surface area contributed by atoms with Gasteiger partial charge < -0.3 is 24.0 Å². The molecule has 1 amide bonds. The van der Waals surface area contributed by atoms with Crippen LogP contribution >= 0.6 is 0 Å². The summed E-state index contributed by atoms with van der Waals surface area (Å²) in [6.07, 6.45) is 4.92. The summed E-state index contributed by atoms with van der Waals surface area (Å²) in [4.78, 5) is 26.4. The first-order chi connectivity index (χ1) is 22.0. The van der Waals surface area contributed by atoms with Crippen LogP contribution in [0.2, 0.25) is 51.4 Å². The Morgan fingerprint density at radius 2 is 1.70 bits per heavy atom. The number of aromatic nitrogens is 4. The van der Waals surface area contributed by atoms with Gasteiger partial charge in [0.25, 0.3) is 0 Å². The Hall–Kier alpha value is -3.32. The number of hydrogen-bond acceptors (Lipinski definition) is 9. The van der Waals surface area contributed by atoms with Crippen LogP contribution in [-0.2, 0) is 14.2 Å². The van der Waals surface area contributed by atoms with Crippen LogP contribution in [0, 0.1) is 11.3 Å². The van der Waals surface area contributed by atoms with Gasteiger partial charge in [-0.3, -0.25) is 0 Å². The molecule has 1 unspecified atom stereocenters. The van der Waals surface area contributed by atoms with Crippen molar-refractivity contribution in [2.75, 3.05) is 44.7 Å². The molecule has 13 heteroatoms. The van der Waals surface area contributed by atoms with Gasteiger partial charge in [0.1, 0.15) is 36.6 Å². The number of ether oxygens (including phenoxy) is 3. The maximum atomic E-state index is 13.1. The van der Waals surface area contributed by atoms with Crippen LogP contribution in [0.4, 0.5) is 10.6 Å². The summed E-state index contributed by atoms with van der Waals surface area (Å²) in [6, 6.07) is 9.87. The van der Waals surface area contributed by atoms with Gasteiger partial charge in [0.15, 0.2) is 5.65 Å². The van der Waals surface area contributed by atoms with Gasteiger partial charge in [-0.05, 0) is 57.8 Å². The number of amides is 1. The summed E-state index contributed by atoms with van der Waals surface area (Å²) < 4.78 is 20.1. The van der Waals surface area contributed by atoms with E-state index in [1.807, 2.05) is 31.4 Å². The maximum Gasteiger partial charge on any atom is 0.410 e. The molecule has 256 valence electrons. The van der Waals surface area contributed by atoms with E-state index in [9.17, 15) is 10.1 Å². The van der Waals surface area contributed by atoms with E-state index in [0.29, 0.717) is 51.1 Å². The monoisotopic (exact) mass is 679 g/mol. The molecule has 47 heavy (non-hydrogen) atoms. The number of carbonyl (C=O) groups is 1. The zero-order valence-electron chi connectivity index (χ0n) is 29.8. The number of fused-ring (bicyclic) bond motifs is 1. The van der Waals surface area contributed by atoms with Crippen molar-refractivity contribution in [1.82, 2.24) is 24.5 Å². The number of piperidine rings is 1. The molecular weight excluding hydrogens is 627 g/mol. The Kier molecular flexibility index (Phi) is 11.9. The third-order valence-corrected chi connectivity index (χ3v) is 11.4. The molecule has 4 rings (SSSR count). The first-order valence-electron chi connectivity index (χ1n) is 16.7. The Balaban J connectivity index is 1.74. The molecular formula is C34H53N7O4Si2. The fourth-order valence-electron chi connectivity index (χ4n) is 5.21. The van der Waals surface area contributed by atoms with Crippen molar-refractivity contribution in [3.8, 4) is 17.2 Å². The zero-order chi connectivity index (χ0) is 34.4. The fourth-order valence-corrected chi connectivity index (χ4v) is 6.72. The lowest BCUT2D eigenvalue weighted by atomic mass is 9.94. The lowest BCUT2D eigenvalue weighted by Crippen LogP contribution is -2.42. The van der Waals surface area contributed by atoms with Crippen molar-refractivity contribution in [3.05, 3.63) is 42.0 Å². The summed E-state index contributed by atoms with van der Waals surface area (Å²) in [5, 5.41) is 14.1. The van der Waals surface area contributed by atoms with Crippen molar-refractivity contribution in [2.45, 2.75) is 96.5 Å². The van der Waals surface area contributed by atoms with E-state index in [4.69, 9.17) is 24.3 Å². The number of rotatable bonds is 13. The Labute approximate surface area is 282 Å². The first kappa shape index (κ1) is 36.5. The van der Waals surface area contributed by atoms with Crippen LogP contribution in [0.5, 0.6) is 0 Å². The van der Waals surface area contributed by atoms with Crippen molar-refractivity contribution in [3.63, 3.8) is 0 Å². The van der Waals surface area contributed by atoms with Crippen LogP contribution in [0.3, 0.4) is 0 Å². The maximum absolute atomic E-state index is 13.1. The molecule has 1 fully saturated rings. The van der Waals surface area contributed by atoms with Crippen molar-refractivity contribution in [2.24, 2.45) is 0 Å². The average molecular weight is 680 g/mol. The highest BCUT2D eigenvalue weighted by atomic mass is 28.3. The highest BCUT2D eigenvalue weighted by Crippen LogP contribution is 2.33. The highest BCUT2D eigenvalue weighted by Gasteiger charge is 2.30. The Morgan fingerprint density at radius 3 is 2.26 bits per heavy atom. The number of likely N-dealkylation sites (tertiary alicyclic amines) is 1. The van der Waals surface area contributed by atoms with E-state index in [0.717, 1.165) is 47.6 Å². The fraction of sp³-hybridized carbons (Fsp3) is 0.618. The summed E-state index contributed by atoms with van der Waals surface area (Å²) in [6.45, 7) is 23.0. The lowest BCUT2D eigenvalue weighted by Gasteiger charge is -2.34. The molecule has 1 atom stereocenters. The minimum absolute atomic E-state index is 0.00401. The van der Waals surface area contributed by atoms with Gasteiger partial charge in [-0.25, -0.2) is 14.8 Å². The van der Waals surface area contributed by atoms with Gasteiger partial charge in [0.2, 0.25) is 0 Å². The van der Waals surface area contributed by atoms with E-state index in [1.165, 1.54) is 0 Å². The van der Waals surface area contributed by atoms with Crippen LogP contribution in [0.25, 0.3) is 16.8 Å². The van der Waals surface area contributed by atoms with Crippen molar-refractivity contribution >= 4 is 33.7 Å². The molecule has 0 saturated carbocycles. The second kappa shape index (κ2) is 15.3. The molecule has 0 bridgehead atoms. The molecule has 1 saturated heterocycles. The summed E-state index contributed by atoms with van der Waals surface area (Å²) in [7, 11) is -2.55. The van der Waals surface area contributed by atoms with E-state index in [1.54, 1.807) is 23.4 Å². The van der Waals surface area contributed by atoms with Gasteiger partial charge in [0.05, 0.1) is 11.9 Å². The summed E-state index contributed by atoms with van der Waals surface area (Å²) in [5.74, 6) is 0.817. The minimum atomic E-state index is -1.27. The molecule has 1 aliphatic heterocycles. The topological polar surface area (TPSA) is 118 Å².